The van der Waals surface area contributed by atoms with Crippen molar-refractivity contribution in [3.05, 3.63) is 23.9 Å². The second kappa shape index (κ2) is 5.07. The van der Waals surface area contributed by atoms with Crippen LogP contribution >= 0.6 is 0 Å². The number of aromatic nitrogens is 1. The van der Waals surface area contributed by atoms with E-state index in [1.807, 2.05) is 23.1 Å². The number of nitrogens with zero attached hydrogens (tertiary/aromatic N) is 1. The number of benzene rings is 1. The van der Waals surface area contributed by atoms with E-state index >= 15 is 0 Å². The average Bonchev–Trinajstić information content (AvgIpc) is 3.14. The normalized spacial score (nSPS) is 14.8. The van der Waals surface area contributed by atoms with Gasteiger partial charge in [0.1, 0.15) is 17.2 Å². The van der Waals surface area contributed by atoms with Gasteiger partial charge >= 0.3 is 0 Å². The Labute approximate surface area is 117 Å². The molecule has 1 saturated heterocycles. The Kier molecular flexibility index (Phi) is 3.26. The van der Waals surface area contributed by atoms with Gasteiger partial charge in [-0.25, -0.2) is 0 Å². The Bertz CT molecular complexity index is 642. The Morgan fingerprint density at radius 3 is 2.55 bits per heavy atom. The second-order valence-corrected chi connectivity index (χ2v) is 4.97. The van der Waals surface area contributed by atoms with Crippen LogP contribution in [0, 0.1) is 0 Å². The molecule has 1 N–H and O–H groups in total. The quantitative estimate of drug-likeness (QED) is 0.935. The molecule has 1 amide bonds. The van der Waals surface area contributed by atoms with Gasteiger partial charge in [-0.1, -0.05) is 0 Å². The van der Waals surface area contributed by atoms with Crippen molar-refractivity contribution in [2.24, 2.45) is 0 Å². The smallest absolute Gasteiger partial charge is 0.270 e. The number of likely N-dealkylation sites (tertiary alicyclic amines) is 1. The van der Waals surface area contributed by atoms with Gasteiger partial charge in [-0.3, -0.25) is 4.79 Å². The number of aromatic amines is 1. The Balaban J connectivity index is 2.03. The summed E-state index contributed by atoms with van der Waals surface area (Å²) in [6, 6.07) is 5.55. The lowest BCUT2D eigenvalue weighted by Gasteiger charge is -2.13. The monoisotopic (exact) mass is 274 g/mol. The number of carbonyl (C=O) groups excluding carboxylic acids is 1. The van der Waals surface area contributed by atoms with Crippen LogP contribution in [0.3, 0.4) is 0 Å². The van der Waals surface area contributed by atoms with Crippen molar-refractivity contribution < 1.29 is 14.3 Å². The molecule has 20 heavy (non-hydrogen) atoms. The number of hydrogen-bond donors (Lipinski definition) is 1. The van der Waals surface area contributed by atoms with Crippen LogP contribution in [0.2, 0.25) is 0 Å². The Morgan fingerprint density at radius 1 is 1.15 bits per heavy atom. The molecule has 1 aromatic heterocycles. The van der Waals surface area contributed by atoms with Crippen molar-refractivity contribution in [1.29, 1.82) is 0 Å². The summed E-state index contributed by atoms with van der Waals surface area (Å²) in [5.41, 5.74) is 1.46. The molecule has 106 valence electrons. The molecule has 1 aromatic carbocycles. The van der Waals surface area contributed by atoms with Gasteiger partial charge in [0.25, 0.3) is 5.91 Å². The fourth-order valence-electron chi connectivity index (χ4n) is 2.67. The third kappa shape index (κ3) is 2.09. The summed E-state index contributed by atoms with van der Waals surface area (Å²) in [5.74, 6) is 1.46. The molecule has 5 heteroatoms. The average molecular weight is 274 g/mol. The zero-order valence-corrected chi connectivity index (χ0v) is 11.7. The highest BCUT2D eigenvalue weighted by atomic mass is 16.5. The van der Waals surface area contributed by atoms with Crippen molar-refractivity contribution in [2.45, 2.75) is 12.8 Å². The van der Waals surface area contributed by atoms with Crippen molar-refractivity contribution in [1.82, 2.24) is 9.88 Å². The van der Waals surface area contributed by atoms with Crippen LogP contribution in [0.15, 0.2) is 18.2 Å². The Hall–Kier alpha value is -2.17. The van der Waals surface area contributed by atoms with E-state index in [1.54, 1.807) is 14.2 Å². The van der Waals surface area contributed by atoms with Crippen LogP contribution in [-0.2, 0) is 0 Å². The maximum absolute atomic E-state index is 12.4. The second-order valence-electron chi connectivity index (χ2n) is 4.97. The molecule has 3 rings (SSSR count). The van der Waals surface area contributed by atoms with Crippen LogP contribution < -0.4 is 9.47 Å². The summed E-state index contributed by atoms with van der Waals surface area (Å²) in [6.07, 6.45) is 2.17. The summed E-state index contributed by atoms with van der Waals surface area (Å²) in [6.45, 7) is 1.68. The zero-order chi connectivity index (χ0) is 14.1. The molecule has 0 radical (unpaired) electrons. The molecule has 0 atom stereocenters. The van der Waals surface area contributed by atoms with E-state index in [0.29, 0.717) is 17.2 Å². The number of fused-ring (bicyclic) bond motifs is 1. The highest BCUT2D eigenvalue weighted by Gasteiger charge is 2.21. The molecule has 2 heterocycles. The lowest BCUT2D eigenvalue weighted by Crippen LogP contribution is -2.27. The summed E-state index contributed by atoms with van der Waals surface area (Å²) >= 11 is 0. The number of rotatable bonds is 3. The van der Waals surface area contributed by atoms with Crippen LogP contribution in [-0.4, -0.2) is 43.1 Å². The molecule has 0 unspecified atom stereocenters. The fraction of sp³-hybridized carbons (Fsp3) is 0.400. The first kappa shape index (κ1) is 12.8. The van der Waals surface area contributed by atoms with Crippen molar-refractivity contribution >= 4 is 16.8 Å². The van der Waals surface area contributed by atoms with Gasteiger partial charge in [0, 0.05) is 30.6 Å². The summed E-state index contributed by atoms with van der Waals surface area (Å²) in [4.78, 5) is 17.4. The molecular weight excluding hydrogens is 256 g/mol. The Morgan fingerprint density at radius 2 is 1.90 bits per heavy atom. The molecule has 0 bridgehead atoms. The number of hydrogen-bond acceptors (Lipinski definition) is 3. The topological polar surface area (TPSA) is 54.6 Å². The SMILES string of the molecule is COc1cc(OC)c2cc(C(=O)N3CCCC3)[nH]c2c1. The van der Waals surface area contributed by atoms with E-state index in [9.17, 15) is 4.79 Å². The van der Waals surface area contributed by atoms with Gasteiger partial charge in [0.05, 0.1) is 19.7 Å². The lowest BCUT2D eigenvalue weighted by atomic mass is 10.2. The van der Waals surface area contributed by atoms with Crippen LogP contribution in [0.4, 0.5) is 0 Å². The van der Waals surface area contributed by atoms with Gasteiger partial charge in [-0.05, 0) is 18.9 Å². The maximum atomic E-state index is 12.4. The number of H-pyrrole nitrogens is 1. The van der Waals surface area contributed by atoms with E-state index in [4.69, 9.17) is 9.47 Å². The van der Waals surface area contributed by atoms with E-state index < -0.39 is 0 Å². The van der Waals surface area contributed by atoms with Gasteiger partial charge in [0.2, 0.25) is 0 Å². The summed E-state index contributed by atoms with van der Waals surface area (Å²) < 4.78 is 10.6. The third-order valence-corrected chi connectivity index (χ3v) is 3.75. The molecule has 0 aliphatic carbocycles. The number of ether oxygens (including phenoxy) is 2. The van der Waals surface area contributed by atoms with E-state index in [2.05, 4.69) is 4.98 Å². The summed E-state index contributed by atoms with van der Waals surface area (Å²) in [7, 11) is 3.23. The minimum Gasteiger partial charge on any atom is -0.497 e. The van der Waals surface area contributed by atoms with Crippen LogP contribution in [0.5, 0.6) is 11.5 Å². The summed E-state index contributed by atoms with van der Waals surface area (Å²) in [5, 5.41) is 0.899. The van der Waals surface area contributed by atoms with Crippen molar-refractivity contribution in [3.8, 4) is 11.5 Å². The third-order valence-electron chi connectivity index (χ3n) is 3.75. The molecule has 1 aliphatic heterocycles. The zero-order valence-electron chi connectivity index (χ0n) is 11.7. The van der Waals surface area contributed by atoms with Gasteiger partial charge in [-0.2, -0.15) is 0 Å². The van der Waals surface area contributed by atoms with E-state index in [1.165, 1.54) is 0 Å². The minimum atomic E-state index is 0.0553. The molecule has 1 fully saturated rings. The van der Waals surface area contributed by atoms with E-state index in [-0.39, 0.29) is 5.91 Å². The first-order valence-electron chi connectivity index (χ1n) is 6.77. The van der Waals surface area contributed by atoms with E-state index in [0.717, 1.165) is 36.8 Å². The number of nitrogens with one attached hydrogen (secondary N) is 1. The predicted molar refractivity (Wildman–Crippen MR) is 76.5 cm³/mol. The molecule has 1 aliphatic rings. The molecule has 0 saturated carbocycles. The van der Waals surface area contributed by atoms with Crippen molar-refractivity contribution in [3.63, 3.8) is 0 Å². The van der Waals surface area contributed by atoms with Gasteiger partial charge < -0.3 is 19.4 Å². The number of amides is 1. The molecular formula is C15H18N2O3. The molecule has 0 spiro atoms. The van der Waals surface area contributed by atoms with Crippen LogP contribution in [0.1, 0.15) is 23.3 Å². The fourth-order valence-corrected chi connectivity index (χ4v) is 2.67. The molecule has 2 aromatic rings. The number of methoxy groups -OCH3 is 2. The first-order valence-corrected chi connectivity index (χ1v) is 6.77. The largest absolute Gasteiger partial charge is 0.497 e. The first-order chi connectivity index (χ1) is 9.72. The van der Waals surface area contributed by atoms with Crippen LogP contribution in [0.25, 0.3) is 10.9 Å². The predicted octanol–water partition coefficient (Wildman–Crippen LogP) is 2.42. The highest BCUT2D eigenvalue weighted by Crippen LogP contribution is 2.32. The lowest BCUT2D eigenvalue weighted by molar-refractivity contribution is 0.0788. The highest BCUT2D eigenvalue weighted by molar-refractivity contribution is 6.00. The minimum absolute atomic E-state index is 0.0553. The molecule has 5 nitrogen and oxygen atoms in total. The maximum Gasteiger partial charge on any atom is 0.270 e. The van der Waals surface area contributed by atoms with Gasteiger partial charge in [-0.15, -0.1) is 0 Å². The standard InChI is InChI=1S/C15H18N2O3/c1-19-10-7-12-11(14(8-10)20-2)9-13(16-12)15(18)17-5-3-4-6-17/h7-9,16H,3-6H2,1-2H3. The van der Waals surface area contributed by atoms with Crippen molar-refractivity contribution in [2.75, 3.05) is 27.3 Å². The number of carbonyl (C=O) groups is 1. The van der Waals surface area contributed by atoms with Gasteiger partial charge in [0.15, 0.2) is 0 Å².